The van der Waals surface area contributed by atoms with Crippen molar-refractivity contribution in [3.8, 4) is 28.2 Å². The van der Waals surface area contributed by atoms with Gasteiger partial charge in [-0.1, -0.05) is 71.0 Å². The first-order chi connectivity index (χ1) is 22.4. The Balaban J connectivity index is 1.39. The van der Waals surface area contributed by atoms with Gasteiger partial charge in [-0.2, -0.15) is 0 Å². The van der Waals surface area contributed by atoms with E-state index in [1.54, 1.807) is 4.90 Å². The zero-order valence-corrected chi connectivity index (χ0v) is 28.0. The molecule has 4 N–H and O–H groups in total. The van der Waals surface area contributed by atoms with Gasteiger partial charge in [0.05, 0.1) is 18.5 Å². The predicted octanol–water partition coefficient (Wildman–Crippen LogP) is 7.00. The first-order valence-electron chi connectivity index (χ1n) is 16.1. The normalized spacial score (nSPS) is 15.4. The molecule has 0 radical (unpaired) electrons. The molecule has 9 nitrogen and oxygen atoms in total. The number of alkyl carbamates (subject to hydrolysis) is 1. The van der Waals surface area contributed by atoms with Crippen LogP contribution >= 0.6 is 0 Å². The third-order valence-corrected chi connectivity index (χ3v) is 8.76. The summed E-state index contributed by atoms with van der Waals surface area (Å²) in [5.74, 6) is -0.710. The molecular formula is C38H45N5O4. The fraction of sp³-hybridized carbons (Fsp3) is 0.342. The number of rotatable bonds is 8. The van der Waals surface area contributed by atoms with Crippen LogP contribution in [0.2, 0.25) is 0 Å². The van der Waals surface area contributed by atoms with Crippen LogP contribution in [0.1, 0.15) is 53.0 Å². The Morgan fingerprint density at radius 3 is 1.96 bits per heavy atom. The van der Waals surface area contributed by atoms with Crippen LogP contribution in [-0.4, -0.2) is 53.1 Å². The van der Waals surface area contributed by atoms with Crippen LogP contribution in [0, 0.1) is 5.92 Å². The van der Waals surface area contributed by atoms with Crippen molar-refractivity contribution < 1.29 is 19.1 Å². The highest BCUT2D eigenvalue weighted by atomic mass is 16.5. The number of anilines is 2. The molecule has 3 aromatic carbocycles. The number of methoxy groups -OCH3 is 1. The second kappa shape index (κ2) is 13.7. The van der Waals surface area contributed by atoms with Crippen LogP contribution in [0.4, 0.5) is 16.2 Å². The number of hydrogen-bond acceptors (Lipinski definition) is 5. The van der Waals surface area contributed by atoms with E-state index < -0.39 is 18.2 Å². The summed E-state index contributed by atoms with van der Waals surface area (Å²) >= 11 is 0. The van der Waals surface area contributed by atoms with Gasteiger partial charge < -0.3 is 30.6 Å². The van der Waals surface area contributed by atoms with Gasteiger partial charge in [0.25, 0.3) is 0 Å². The van der Waals surface area contributed by atoms with E-state index in [9.17, 15) is 14.4 Å². The summed E-state index contributed by atoms with van der Waals surface area (Å²) in [4.78, 5) is 40.3. The second-order valence-electron chi connectivity index (χ2n) is 13.5. The van der Waals surface area contributed by atoms with Gasteiger partial charge in [0.15, 0.2) is 0 Å². The minimum Gasteiger partial charge on any atom is -0.453 e. The molecule has 0 spiro atoms. The summed E-state index contributed by atoms with van der Waals surface area (Å²) in [6.07, 6.45) is 0.579. The average Bonchev–Trinajstić information content (AvgIpc) is 3.72. The highest BCUT2D eigenvalue weighted by molar-refractivity contribution is 5.99. The molecule has 1 aliphatic heterocycles. The lowest BCUT2D eigenvalue weighted by atomic mass is 9.87. The third-order valence-electron chi connectivity index (χ3n) is 8.76. The Bertz CT molecular complexity index is 1720. The Morgan fingerprint density at radius 2 is 1.43 bits per heavy atom. The van der Waals surface area contributed by atoms with Gasteiger partial charge in [-0.3, -0.25) is 9.59 Å². The number of ether oxygens (including phenoxy) is 1. The van der Waals surface area contributed by atoms with Crippen LogP contribution in [-0.2, 0) is 19.7 Å². The van der Waals surface area contributed by atoms with Gasteiger partial charge in [-0.15, -0.1) is 0 Å². The lowest BCUT2D eigenvalue weighted by Gasteiger charge is -2.30. The number of benzene rings is 3. The van der Waals surface area contributed by atoms with Crippen LogP contribution in [0.15, 0.2) is 84.9 Å². The summed E-state index contributed by atoms with van der Waals surface area (Å²) in [5, 5.41) is 5.63. The first kappa shape index (κ1) is 33.3. The SMILES string of the molecule is COC(=O)N[C@H](C(=O)N1CCC[C@H]1C(=O)Nc1ccc(-c2ccc(-c3ccc(N)cc3)n2-c2ccc(C(C)(C)C)cc2)cc1)C(C)C. The van der Waals surface area contributed by atoms with Gasteiger partial charge in [0.2, 0.25) is 11.8 Å². The monoisotopic (exact) mass is 635 g/mol. The van der Waals surface area contributed by atoms with Crippen LogP contribution in [0.25, 0.3) is 28.2 Å². The van der Waals surface area contributed by atoms with Crippen molar-refractivity contribution in [2.24, 2.45) is 5.92 Å². The maximum Gasteiger partial charge on any atom is 0.407 e. The fourth-order valence-corrected chi connectivity index (χ4v) is 6.06. The quantitative estimate of drug-likeness (QED) is 0.180. The molecular weight excluding hydrogens is 590 g/mol. The van der Waals surface area contributed by atoms with Crippen LogP contribution < -0.4 is 16.4 Å². The molecule has 47 heavy (non-hydrogen) atoms. The summed E-state index contributed by atoms with van der Waals surface area (Å²) < 4.78 is 6.95. The number of amides is 3. The van der Waals surface area contributed by atoms with E-state index >= 15 is 0 Å². The zero-order valence-electron chi connectivity index (χ0n) is 28.0. The zero-order chi connectivity index (χ0) is 33.9. The first-order valence-corrected chi connectivity index (χ1v) is 16.1. The Morgan fingerprint density at radius 1 is 0.851 bits per heavy atom. The number of nitrogens with zero attached hydrogens (tertiary/aromatic N) is 2. The van der Waals surface area contributed by atoms with E-state index in [0.29, 0.717) is 30.8 Å². The average molecular weight is 636 g/mol. The van der Waals surface area contributed by atoms with E-state index in [1.807, 2.05) is 62.4 Å². The van der Waals surface area contributed by atoms with Crippen molar-refractivity contribution >= 4 is 29.3 Å². The van der Waals surface area contributed by atoms with E-state index in [0.717, 1.165) is 28.2 Å². The number of nitrogens with one attached hydrogen (secondary N) is 2. The molecule has 2 heterocycles. The molecule has 9 heteroatoms. The summed E-state index contributed by atoms with van der Waals surface area (Å²) in [6.45, 7) is 10.8. The number of nitrogen functional groups attached to an aromatic ring is 1. The van der Waals surface area contributed by atoms with Crippen molar-refractivity contribution in [3.05, 3.63) is 90.5 Å². The van der Waals surface area contributed by atoms with E-state index in [-0.39, 0.29) is 23.1 Å². The van der Waals surface area contributed by atoms with Crippen molar-refractivity contribution in [3.63, 3.8) is 0 Å². The molecule has 0 unspecified atom stereocenters. The molecule has 1 aromatic heterocycles. The Kier molecular flexibility index (Phi) is 9.75. The molecule has 0 saturated carbocycles. The number of aromatic nitrogens is 1. The molecule has 1 saturated heterocycles. The lowest BCUT2D eigenvalue weighted by Crippen LogP contribution is -2.54. The largest absolute Gasteiger partial charge is 0.453 e. The number of carbonyl (C=O) groups is 3. The molecule has 246 valence electrons. The van der Waals surface area contributed by atoms with Gasteiger partial charge in [0.1, 0.15) is 12.1 Å². The van der Waals surface area contributed by atoms with Gasteiger partial charge in [-0.05, 0) is 89.4 Å². The summed E-state index contributed by atoms with van der Waals surface area (Å²) in [7, 11) is 1.26. The maximum atomic E-state index is 13.4. The van der Waals surface area contributed by atoms with Gasteiger partial charge >= 0.3 is 6.09 Å². The van der Waals surface area contributed by atoms with Gasteiger partial charge in [0, 0.05) is 23.6 Å². The van der Waals surface area contributed by atoms with E-state index in [2.05, 4.69) is 72.4 Å². The Labute approximate surface area is 277 Å². The van der Waals surface area contributed by atoms with Gasteiger partial charge in [-0.25, -0.2) is 4.79 Å². The highest BCUT2D eigenvalue weighted by Gasteiger charge is 2.38. The number of likely N-dealkylation sites (tertiary alicyclic amines) is 1. The van der Waals surface area contributed by atoms with Crippen LogP contribution in [0.5, 0.6) is 0 Å². The van der Waals surface area contributed by atoms with Crippen molar-refractivity contribution in [2.45, 2.75) is 65.0 Å². The highest BCUT2D eigenvalue weighted by Crippen LogP contribution is 2.34. The van der Waals surface area contributed by atoms with Crippen molar-refractivity contribution in [1.29, 1.82) is 0 Å². The summed E-state index contributed by atoms with van der Waals surface area (Å²) in [6, 6.07) is 27.1. The topological polar surface area (TPSA) is 119 Å². The molecule has 4 aromatic rings. The number of hydrogen-bond donors (Lipinski definition) is 3. The minimum atomic E-state index is -0.783. The molecule has 0 aliphatic carbocycles. The van der Waals surface area contributed by atoms with E-state index in [1.165, 1.54) is 12.7 Å². The van der Waals surface area contributed by atoms with Crippen molar-refractivity contribution in [1.82, 2.24) is 14.8 Å². The molecule has 3 amide bonds. The van der Waals surface area contributed by atoms with E-state index in [4.69, 9.17) is 10.5 Å². The predicted molar refractivity (Wildman–Crippen MR) is 187 cm³/mol. The molecule has 1 aliphatic rings. The summed E-state index contributed by atoms with van der Waals surface area (Å²) in [5.41, 5.74) is 13.7. The fourth-order valence-electron chi connectivity index (χ4n) is 6.06. The van der Waals surface area contributed by atoms with Crippen molar-refractivity contribution in [2.75, 3.05) is 24.7 Å². The lowest BCUT2D eigenvalue weighted by molar-refractivity contribution is -0.139. The molecule has 5 rings (SSSR count). The maximum absolute atomic E-state index is 13.4. The minimum absolute atomic E-state index is 0.0387. The molecule has 0 bridgehead atoms. The van der Waals surface area contributed by atoms with Crippen LogP contribution in [0.3, 0.4) is 0 Å². The second-order valence-corrected chi connectivity index (χ2v) is 13.5. The standard InChI is InChI=1S/C38H45N5O4/c1-24(2)34(41-37(46)47-6)36(45)42-23-7-8-33(42)35(44)40-29-17-11-26(12-18-29)32-22-21-31(25-9-15-28(39)16-10-25)43(32)30-19-13-27(14-20-30)38(3,4)5/h9-22,24,33-34H,7-8,23,39H2,1-6H3,(H,40,44)(H,41,46)/t33-,34-/m0/s1. The molecule has 2 atom stereocenters. The number of nitrogens with two attached hydrogens (primary N) is 1. The third kappa shape index (κ3) is 7.35. The number of carbonyl (C=O) groups excluding carboxylic acids is 3. The molecule has 1 fully saturated rings. The smallest absolute Gasteiger partial charge is 0.407 e. The Hall–Kier alpha value is -5.05.